The van der Waals surface area contributed by atoms with E-state index in [2.05, 4.69) is 104 Å². The number of aromatic nitrogens is 10. The number of hydrogen-bond donors (Lipinski definition) is 5. The lowest BCUT2D eigenvalue weighted by Gasteiger charge is -2.15. The molecule has 472 valence electrons. The zero-order chi connectivity index (χ0) is 60.9. The number of methoxy groups -OCH3 is 4. The van der Waals surface area contributed by atoms with Gasteiger partial charge >= 0.3 is 11.6 Å². The van der Waals surface area contributed by atoms with Gasteiger partial charge in [-0.2, -0.15) is 0 Å². The number of rotatable bonds is 25. The van der Waals surface area contributed by atoms with Gasteiger partial charge in [-0.3, -0.25) is 14.2 Å². The number of aromatic amines is 2. The highest BCUT2D eigenvalue weighted by Crippen LogP contribution is 2.29. The molecule has 5 heterocycles. The summed E-state index contributed by atoms with van der Waals surface area (Å²) in [5.74, 6) is 2.97. The molecular formula is C54H91N15O13Si3. The predicted octanol–water partition coefficient (Wildman–Crippen LogP) is 11.3. The van der Waals surface area contributed by atoms with Crippen LogP contribution in [-0.2, 0) is 34.4 Å². The molecule has 0 aliphatic rings. The first-order chi connectivity index (χ1) is 38.7. The number of nitrogens with two attached hydrogens (primary N) is 1. The number of nitrogens with zero attached hydrogens (tertiary/aromatic N) is 10. The molecular weight excluding hydrogens is 1150 g/mol. The Kier molecular flexibility index (Phi) is 34.8. The summed E-state index contributed by atoms with van der Waals surface area (Å²) in [5, 5.41) is 25.6. The maximum absolute atomic E-state index is 12.4. The number of amides is 2. The highest BCUT2D eigenvalue weighted by Gasteiger charge is 2.17. The number of ether oxygens (including phenoxy) is 7. The summed E-state index contributed by atoms with van der Waals surface area (Å²) < 4.78 is 42.5. The molecule has 7 rings (SSSR count). The van der Waals surface area contributed by atoms with Crippen LogP contribution >= 0.6 is 0 Å². The number of hydrogen-bond acceptors (Lipinski definition) is 19. The van der Waals surface area contributed by atoms with Crippen molar-refractivity contribution in [3.63, 3.8) is 0 Å². The van der Waals surface area contributed by atoms with E-state index in [9.17, 15) is 29.8 Å². The molecule has 0 atom stereocenters. The van der Waals surface area contributed by atoms with Crippen LogP contribution in [0.3, 0.4) is 0 Å². The Bertz CT molecular complexity index is 2990. The van der Waals surface area contributed by atoms with E-state index in [4.69, 9.17) is 38.9 Å². The molecule has 0 fully saturated rings. The van der Waals surface area contributed by atoms with Crippen LogP contribution in [0, 0.1) is 20.2 Å². The molecule has 28 nitrogen and oxygen atoms in total. The van der Waals surface area contributed by atoms with Gasteiger partial charge in [-0.1, -0.05) is 81.2 Å². The zero-order valence-electron chi connectivity index (χ0n) is 49.0. The molecule has 2 amide bonds. The van der Waals surface area contributed by atoms with E-state index >= 15 is 0 Å². The fraction of sp³-hybridized carbons (Fsp3) is 0.463. The Morgan fingerprint density at radius 2 is 0.988 bits per heavy atom. The van der Waals surface area contributed by atoms with Crippen molar-refractivity contribution in [3.05, 3.63) is 130 Å². The van der Waals surface area contributed by atoms with Crippen LogP contribution in [0.5, 0.6) is 23.0 Å². The largest absolute Gasteiger partial charge is 0.493 e. The van der Waals surface area contributed by atoms with Gasteiger partial charge in [-0.15, -0.1) is 0 Å². The van der Waals surface area contributed by atoms with E-state index < -0.39 is 34.1 Å². The summed E-state index contributed by atoms with van der Waals surface area (Å²) in [6, 6.07) is 13.3. The van der Waals surface area contributed by atoms with E-state index in [1.807, 2.05) is 4.57 Å². The van der Waals surface area contributed by atoms with Crippen molar-refractivity contribution in [2.75, 3.05) is 64.6 Å². The normalized spacial score (nSPS) is 10.6. The molecule has 0 bridgehead atoms. The Hall–Kier alpha value is -8.24. The average molecular weight is 1240 g/mol. The van der Waals surface area contributed by atoms with Gasteiger partial charge in [0.2, 0.25) is 6.33 Å². The van der Waals surface area contributed by atoms with Crippen LogP contribution in [0.2, 0.25) is 77.1 Å². The van der Waals surface area contributed by atoms with E-state index in [1.165, 1.54) is 51.6 Å². The van der Waals surface area contributed by atoms with Crippen LogP contribution in [0.4, 0.5) is 29.1 Å². The van der Waals surface area contributed by atoms with Gasteiger partial charge in [0.05, 0.1) is 59.8 Å². The summed E-state index contributed by atoms with van der Waals surface area (Å²) in [6.45, 7) is 24.3. The van der Waals surface area contributed by atoms with Gasteiger partial charge in [-0.25, -0.2) is 24.9 Å². The van der Waals surface area contributed by atoms with Gasteiger partial charge in [-0.05, 0) is 69.4 Å². The van der Waals surface area contributed by atoms with Crippen molar-refractivity contribution in [2.24, 2.45) is 0 Å². The van der Waals surface area contributed by atoms with Crippen molar-refractivity contribution in [2.45, 2.75) is 120 Å². The lowest BCUT2D eigenvalue weighted by atomic mass is 10.2. The molecule has 31 heteroatoms. The fourth-order valence-corrected chi connectivity index (χ4v) is 8.38. The summed E-state index contributed by atoms with van der Waals surface area (Å²) in [4.78, 5) is 67.5. The number of nitrogen functional groups attached to an aromatic ring is 1. The molecule has 6 N–H and O–H groups in total. The number of nitrogens with one attached hydrogen (secondary N) is 4. The van der Waals surface area contributed by atoms with Gasteiger partial charge in [0, 0.05) is 61.4 Å². The van der Waals surface area contributed by atoms with Crippen LogP contribution in [0.15, 0.2) is 99.0 Å². The first kappa shape index (κ1) is 76.8. The highest BCUT2D eigenvalue weighted by atomic mass is 28.3. The molecule has 0 saturated heterocycles. The minimum absolute atomic E-state index is 0. The van der Waals surface area contributed by atoms with Crippen LogP contribution in [0.25, 0.3) is 0 Å². The summed E-state index contributed by atoms with van der Waals surface area (Å²) >= 11 is 0. The number of H-pyrrole nitrogens is 2. The van der Waals surface area contributed by atoms with E-state index in [0.29, 0.717) is 78.4 Å². The summed E-state index contributed by atoms with van der Waals surface area (Å²) in [6.07, 6.45) is 15.0. The third kappa shape index (κ3) is 31.3. The van der Waals surface area contributed by atoms with Gasteiger partial charge in [0.15, 0.2) is 35.1 Å². The van der Waals surface area contributed by atoms with Gasteiger partial charge in [0.1, 0.15) is 44.2 Å². The first-order valence-electron chi connectivity index (χ1n) is 25.6. The van der Waals surface area contributed by atoms with E-state index in [0.717, 1.165) is 31.5 Å². The molecule has 0 radical (unpaired) electrons. The summed E-state index contributed by atoms with van der Waals surface area (Å²) in [7, 11) is 3.03. The number of anilines is 3. The monoisotopic (exact) mass is 1240 g/mol. The van der Waals surface area contributed by atoms with Crippen molar-refractivity contribution in [1.82, 2.24) is 48.6 Å². The number of nitro groups is 2. The quantitative estimate of drug-likeness (QED) is 0.0154. The lowest BCUT2D eigenvalue weighted by molar-refractivity contribution is -0.389. The minimum atomic E-state index is -1.09. The second-order valence-electron chi connectivity index (χ2n) is 21.3. The molecule has 2 aromatic carbocycles. The number of imidazole rings is 5. The third-order valence-electron chi connectivity index (χ3n) is 10.8. The smallest absolute Gasteiger partial charge is 0.381 e. The Balaban J connectivity index is 0.00000107. The standard InChI is InChI=1S/C18H27N3O4Si.C12H13N3O3.C9H17N3O3Si.C9H19N3OSi.C3H3N3O2.3CH4/c1-23-15-7-6-14(10-16(15)24-2)18(22)20-17-11-21(12-19-17)13-25-8-9-26(3,4)5;1-17-9-4-3-8(5-10(9)18-2)12(16)15-11-6-13-7-14-11;1-16(2,3)5-4-15-8-11-6-9(10-7-11)12(13)14;1-14(2,3)5-4-13-8-12-6-9(10)11-7-12;7-6(8)3-1-4-2-5-3;;;/h6-7,10-12H,8-9,13H2,1-5H3,(H,20,22);3-7H,1-2H3,(H,13,14)(H,15,16);6-7H,4-5,8H2,1-3H3;6-7H,4-5,8,10H2,1-3H3;1-2H,(H,4,5);3*1H4. The molecule has 0 aliphatic carbocycles. The third-order valence-corrected chi connectivity index (χ3v) is 15.9. The SMILES string of the molecule is C.C.C.COc1ccc(C(=O)Nc2cn(COCC[Si](C)(C)C)cn2)cc1OC.COc1ccc(C(=O)Nc2cnc[nH]2)cc1OC.C[Si](C)(C)CCOCn1cnc(N)c1.C[Si](C)(C)CCOCn1cnc([N+](=O)[O-])c1.O=[N+]([O-])c1cnc[nH]1. The second-order valence-corrected chi connectivity index (χ2v) is 38.2. The molecule has 85 heavy (non-hydrogen) atoms. The zero-order valence-corrected chi connectivity index (χ0v) is 52.0. The molecule has 0 spiro atoms. The number of carbonyl (C=O) groups excluding carboxylic acids is 2. The van der Waals surface area contributed by atoms with Crippen LogP contribution in [0.1, 0.15) is 43.0 Å². The fourth-order valence-electron chi connectivity index (χ4n) is 6.11. The Labute approximate surface area is 501 Å². The van der Waals surface area contributed by atoms with E-state index in [-0.39, 0.29) is 45.7 Å². The average Bonchev–Trinajstić information content (AvgIpc) is 4.48. The van der Waals surface area contributed by atoms with Crippen LogP contribution in [-0.4, -0.2) is 143 Å². The van der Waals surface area contributed by atoms with Crippen molar-refractivity contribution in [1.29, 1.82) is 0 Å². The molecule has 5 aromatic heterocycles. The van der Waals surface area contributed by atoms with Crippen molar-refractivity contribution in [3.8, 4) is 23.0 Å². The maximum Gasteiger partial charge on any atom is 0.381 e. The number of benzene rings is 2. The number of carbonyl (C=O) groups is 2. The summed E-state index contributed by atoms with van der Waals surface area (Å²) in [5.41, 5.74) is 6.41. The Morgan fingerprint density at radius 3 is 1.35 bits per heavy atom. The predicted molar refractivity (Wildman–Crippen MR) is 339 cm³/mol. The molecule has 7 aromatic rings. The van der Waals surface area contributed by atoms with Crippen molar-refractivity contribution >= 4 is 65.1 Å². The Morgan fingerprint density at radius 1 is 0.565 bits per heavy atom. The lowest BCUT2D eigenvalue weighted by Crippen LogP contribution is -2.21. The molecule has 0 saturated carbocycles. The van der Waals surface area contributed by atoms with E-state index in [1.54, 1.807) is 84.8 Å². The van der Waals surface area contributed by atoms with Gasteiger partial charge in [0.25, 0.3) is 11.8 Å². The molecule has 0 unspecified atom stereocenters. The van der Waals surface area contributed by atoms with Crippen molar-refractivity contribution < 1.29 is 52.6 Å². The second kappa shape index (κ2) is 38.6. The van der Waals surface area contributed by atoms with Gasteiger partial charge < -0.3 is 83.9 Å². The van der Waals surface area contributed by atoms with Crippen LogP contribution < -0.4 is 35.3 Å². The highest BCUT2D eigenvalue weighted by molar-refractivity contribution is 6.76. The first-order valence-corrected chi connectivity index (χ1v) is 36.7. The maximum atomic E-state index is 12.4. The minimum Gasteiger partial charge on any atom is -0.493 e. The topological polar surface area (TPSA) is 346 Å². The molecule has 0 aliphatic heterocycles.